The first-order valence-electron chi connectivity index (χ1n) is 11.5. The van der Waals surface area contributed by atoms with Gasteiger partial charge in [-0.05, 0) is 17.7 Å². The van der Waals surface area contributed by atoms with Gasteiger partial charge in [0.25, 0.3) is 0 Å². The number of benzene rings is 3. The summed E-state index contributed by atoms with van der Waals surface area (Å²) in [4.78, 5) is 9.84. The molecule has 4 aromatic rings. The molecule has 0 N–H and O–H groups in total. The van der Waals surface area contributed by atoms with E-state index in [2.05, 4.69) is 52.3 Å². The van der Waals surface area contributed by atoms with Crippen LogP contribution in [0.2, 0.25) is 0 Å². The number of piperazine rings is 1. The summed E-state index contributed by atoms with van der Waals surface area (Å²) in [5, 5.41) is 0. The van der Waals surface area contributed by atoms with E-state index < -0.39 is 0 Å². The molecule has 0 unspecified atom stereocenters. The van der Waals surface area contributed by atoms with Gasteiger partial charge in [-0.1, -0.05) is 72.8 Å². The topological polar surface area (TPSA) is 41.7 Å². The first-order valence-corrected chi connectivity index (χ1v) is 11.5. The van der Waals surface area contributed by atoms with Crippen molar-refractivity contribution in [2.24, 2.45) is 0 Å². The lowest BCUT2D eigenvalue weighted by Crippen LogP contribution is -2.45. The fourth-order valence-electron chi connectivity index (χ4n) is 4.33. The molecule has 1 aliphatic heterocycles. The van der Waals surface area contributed by atoms with Gasteiger partial charge in [-0.15, -0.1) is 0 Å². The fraction of sp³-hybridized carbons (Fsp3) is 0.250. The summed E-state index contributed by atoms with van der Waals surface area (Å²) in [5.41, 5.74) is 4.33. The largest absolute Gasteiger partial charge is 0.497 e. The molecular formula is C28H29N3O2. The number of aromatic nitrogens is 1. The van der Waals surface area contributed by atoms with Crippen molar-refractivity contribution in [1.29, 1.82) is 0 Å². The van der Waals surface area contributed by atoms with Crippen LogP contribution in [0, 0.1) is 0 Å². The highest BCUT2D eigenvalue weighted by Gasteiger charge is 2.22. The molecule has 0 amide bonds. The molecule has 5 heteroatoms. The fourth-order valence-corrected chi connectivity index (χ4v) is 4.33. The number of hydrogen-bond acceptors (Lipinski definition) is 5. The summed E-state index contributed by atoms with van der Waals surface area (Å²) in [5.74, 6) is 2.53. The van der Waals surface area contributed by atoms with Crippen molar-refractivity contribution in [2.45, 2.75) is 13.1 Å². The maximum Gasteiger partial charge on any atom is 0.209 e. The summed E-state index contributed by atoms with van der Waals surface area (Å²) in [7, 11) is 1.72. The normalized spacial score (nSPS) is 14.9. The number of oxazole rings is 1. The Hall–Kier alpha value is -3.41. The second kappa shape index (κ2) is 10.0. The highest BCUT2D eigenvalue weighted by atomic mass is 16.5. The molecule has 1 aromatic heterocycles. The van der Waals surface area contributed by atoms with E-state index >= 15 is 0 Å². The van der Waals surface area contributed by atoms with Crippen LogP contribution >= 0.6 is 0 Å². The summed E-state index contributed by atoms with van der Waals surface area (Å²) in [6.07, 6.45) is 0. The van der Waals surface area contributed by atoms with Gasteiger partial charge in [-0.25, -0.2) is 4.98 Å². The van der Waals surface area contributed by atoms with Gasteiger partial charge < -0.3 is 9.15 Å². The van der Waals surface area contributed by atoms with E-state index in [-0.39, 0.29) is 0 Å². The molecule has 168 valence electrons. The minimum absolute atomic E-state index is 0.722. The predicted octanol–water partition coefficient (Wildman–Crippen LogP) is 5.34. The van der Waals surface area contributed by atoms with Gasteiger partial charge in [0.05, 0.1) is 13.7 Å². The summed E-state index contributed by atoms with van der Waals surface area (Å²) in [6.45, 7) is 5.70. The molecule has 0 radical (unpaired) electrons. The zero-order valence-corrected chi connectivity index (χ0v) is 19.0. The second-order valence-electron chi connectivity index (χ2n) is 8.42. The Balaban J connectivity index is 1.27. The Morgan fingerprint density at radius 2 is 1.39 bits per heavy atom. The van der Waals surface area contributed by atoms with E-state index in [1.165, 1.54) is 5.56 Å². The van der Waals surface area contributed by atoms with Crippen LogP contribution in [0.4, 0.5) is 0 Å². The Morgan fingerprint density at radius 3 is 2.06 bits per heavy atom. The average Bonchev–Trinajstić information content (AvgIpc) is 3.30. The van der Waals surface area contributed by atoms with E-state index in [0.29, 0.717) is 0 Å². The van der Waals surface area contributed by atoms with Crippen molar-refractivity contribution >= 4 is 0 Å². The smallest absolute Gasteiger partial charge is 0.209 e. The average molecular weight is 440 g/mol. The van der Waals surface area contributed by atoms with Crippen molar-refractivity contribution in [3.8, 4) is 28.3 Å². The highest BCUT2D eigenvalue weighted by molar-refractivity contribution is 5.76. The van der Waals surface area contributed by atoms with Crippen LogP contribution in [0.5, 0.6) is 5.75 Å². The van der Waals surface area contributed by atoms with Crippen molar-refractivity contribution < 1.29 is 9.15 Å². The SMILES string of the molecule is COc1cccc(CN2CCN(Cc3nc(-c4ccccc4)c(-c4ccccc4)o3)CC2)c1. The third kappa shape index (κ3) is 5.16. The van der Waals surface area contributed by atoms with Gasteiger partial charge in [-0.2, -0.15) is 0 Å². The minimum Gasteiger partial charge on any atom is -0.497 e. The van der Waals surface area contributed by atoms with Crippen LogP contribution < -0.4 is 4.74 Å². The molecular weight excluding hydrogens is 410 g/mol. The van der Waals surface area contributed by atoms with Crippen LogP contribution in [-0.2, 0) is 13.1 Å². The standard InChI is InChI=1S/C28H29N3O2/c1-32-25-14-8-9-22(19-25)20-30-15-17-31(18-16-30)21-26-29-27(23-10-4-2-5-11-23)28(33-26)24-12-6-3-7-13-24/h2-14,19H,15-18,20-21H2,1H3. The maximum absolute atomic E-state index is 6.33. The van der Waals surface area contributed by atoms with Crippen molar-refractivity contribution in [3.63, 3.8) is 0 Å². The molecule has 0 aliphatic carbocycles. The number of methoxy groups -OCH3 is 1. The highest BCUT2D eigenvalue weighted by Crippen LogP contribution is 2.33. The summed E-state index contributed by atoms with van der Waals surface area (Å²) in [6, 6.07) is 28.9. The Bertz CT molecular complexity index is 1110. The lowest BCUT2D eigenvalue weighted by atomic mass is 10.1. The van der Waals surface area contributed by atoms with Crippen molar-refractivity contribution in [3.05, 3.63) is 96.4 Å². The molecule has 2 heterocycles. The summed E-state index contributed by atoms with van der Waals surface area (Å²) >= 11 is 0. The van der Waals surface area contributed by atoms with Crippen molar-refractivity contribution in [1.82, 2.24) is 14.8 Å². The van der Waals surface area contributed by atoms with Gasteiger partial charge in [0.15, 0.2) is 5.76 Å². The van der Waals surface area contributed by atoms with E-state index in [9.17, 15) is 0 Å². The third-order valence-corrected chi connectivity index (χ3v) is 6.12. The predicted molar refractivity (Wildman–Crippen MR) is 131 cm³/mol. The molecule has 0 atom stereocenters. The monoisotopic (exact) mass is 439 g/mol. The Kier molecular flexibility index (Phi) is 6.51. The van der Waals surface area contributed by atoms with Gasteiger partial charge in [0.2, 0.25) is 5.89 Å². The molecule has 0 saturated carbocycles. The number of hydrogen-bond donors (Lipinski definition) is 0. The molecule has 5 rings (SSSR count). The van der Waals surface area contributed by atoms with Crippen LogP contribution in [-0.4, -0.2) is 48.1 Å². The minimum atomic E-state index is 0.722. The maximum atomic E-state index is 6.33. The molecule has 33 heavy (non-hydrogen) atoms. The lowest BCUT2D eigenvalue weighted by Gasteiger charge is -2.34. The van der Waals surface area contributed by atoms with Crippen LogP contribution in [0.15, 0.2) is 89.3 Å². The van der Waals surface area contributed by atoms with E-state index in [0.717, 1.165) is 73.5 Å². The van der Waals surface area contributed by atoms with Gasteiger partial charge in [0.1, 0.15) is 11.4 Å². The van der Waals surface area contributed by atoms with E-state index in [1.54, 1.807) is 7.11 Å². The van der Waals surface area contributed by atoms with Crippen molar-refractivity contribution in [2.75, 3.05) is 33.3 Å². The molecule has 5 nitrogen and oxygen atoms in total. The Labute approximate surface area is 195 Å². The molecule has 1 saturated heterocycles. The molecule has 1 aliphatic rings. The van der Waals surface area contributed by atoms with Crippen LogP contribution in [0.25, 0.3) is 22.6 Å². The second-order valence-corrected chi connectivity index (χ2v) is 8.42. The molecule has 0 spiro atoms. The quantitative estimate of drug-likeness (QED) is 0.389. The summed E-state index contributed by atoms with van der Waals surface area (Å²) < 4.78 is 11.7. The molecule has 0 bridgehead atoms. The van der Waals surface area contributed by atoms with Crippen LogP contribution in [0.1, 0.15) is 11.5 Å². The van der Waals surface area contributed by atoms with Gasteiger partial charge >= 0.3 is 0 Å². The number of rotatable bonds is 7. The zero-order chi connectivity index (χ0) is 22.5. The van der Waals surface area contributed by atoms with Crippen LogP contribution in [0.3, 0.4) is 0 Å². The van der Waals surface area contributed by atoms with Gasteiger partial charge in [-0.3, -0.25) is 9.80 Å². The first kappa shape index (κ1) is 21.4. The lowest BCUT2D eigenvalue weighted by molar-refractivity contribution is 0.114. The molecule has 3 aromatic carbocycles. The van der Waals surface area contributed by atoms with E-state index in [4.69, 9.17) is 14.1 Å². The van der Waals surface area contributed by atoms with Gasteiger partial charge in [0, 0.05) is 43.9 Å². The first-order chi connectivity index (χ1) is 16.3. The molecule has 1 fully saturated rings. The zero-order valence-electron chi connectivity index (χ0n) is 19.0. The third-order valence-electron chi connectivity index (χ3n) is 6.12. The number of ether oxygens (including phenoxy) is 1. The Morgan fingerprint density at radius 1 is 0.758 bits per heavy atom. The number of nitrogens with zero attached hydrogens (tertiary/aromatic N) is 3. The van der Waals surface area contributed by atoms with E-state index in [1.807, 2.05) is 42.5 Å².